The van der Waals surface area contributed by atoms with Crippen molar-refractivity contribution in [2.45, 2.75) is 13.3 Å². The van der Waals surface area contributed by atoms with Gasteiger partial charge in [0.05, 0.1) is 13.2 Å². The zero-order valence-electron chi connectivity index (χ0n) is 13.9. The highest BCUT2D eigenvalue weighted by Gasteiger charge is 2.24. The lowest BCUT2D eigenvalue weighted by Crippen LogP contribution is -2.40. The number of halogens is 1. The molecule has 0 bridgehead atoms. The lowest BCUT2D eigenvalue weighted by atomic mass is 10.1. The van der Waals surface area contributed by atoms with Crippen LogP contribution in [0.2, 0.25) is 5.02 Å². The Hall–Kier alpha value is -1.46. The fourth-order valence-electron chi connectivity index (χ4n) is 2.69. The van der Waals surface area contributed by atoms with Gasteiger partial charge in [-0.3, -0.25) is 0 Å². The van der Waals surface area contributed by atoms with E-state index in [-0.39, 0.29) is 0 Å². The van der Waals surface area contributed by atoms with Crippen LogP contribution in [0.5, 0.6) is 5.75 Å². The van der Waals surface area contributed by atoms with E-state index in [1.54, 1.807) is 7.11 Å². The summed E-state index contributed by atoms with van der Waals surface area (Å²) in [5, 5.41) is 4.03. The van der Waals surface area contributed by atoms with Crippen LogP contribution >= 0.6 is 11.6 Å². The molecule has 6 heteroatoms. The Labute approximate surface area is 143 Å². The van der Waals surface area contributed by atoms with Crippen LogP contribution in [0, 0.1) is 5.92 Å². The fourth-order valence-corrected chi connectivity index (χ4v) is 2.87. The minimum atomic E-state index is 0.532. The summed E-state index contributed by atoms with van der Waals surface area (Å²) in [4.78, 5) is 6.96. The molecule has 0 saturated carbocycles. The number of guanidine groups is 1. The van der Waals surface area contributed by atoms with Gasteiger partial charge in [-0.05, 0) is 31.5 Å². The Morgan fingerprint density at radius 3 is 3.09 bits per heavy atom. The number of methoxy groups -OCH3 is 1. The summed E-state index contributed by atoms with van der Waals surface area (Å²) in [6.45, 7) is 6.92. The first kappa shape index (κ1) is 17.9. The van der Waals surface area contributed by atoms with Gasteiger partial charge in [-0.15, -0.1) is 0 Å². The zero-order chi connectivity index (χ0) is 16.5. The lowest BCUT2D eigenvalue weighted by molar-refractivity contribution is 0.157. The van der Waals surface area contributed by atoms with Crippen LogP contribution in [0.15, 0.2) is 29.3 Å². The smallest absolute Gasteiger partial charge is 0.194 e. The second kappa shape index (κ2) is 9.63. The van der Waals surface area contributed by atoms with Gasteiger partial charge in [0.1, 0.15) is 12.4 Å². The van der Waals surface area contributed by atoms with Crippen molar-refractivity contribution in [1.29, 1.82) is 0 Å². The van der Waals surface area contributed by atoms with Crippen molar-refractivity contribution >= 4 is 17.6 Å². The SMILES string of the molecule is CCNC(=NCCOc1cccc(Cl)c1)N1CCC(COC)C1. The minimum Gasteiger partial charge on any atom is -0.492 e. The molecule has 5 nitrogen and oxygen atoms in total. The molecule has 23 heavy (non-hydrogen) atoms. The number of hydrogen-bond acceptors (Lipinski definition) is 3. The third-order valence-electron chi connectivity index (χ3n) is 3.74. The Balaban J connectivity index is 1.82. The van der Waals surface area contributed by atoms with Crippen LogP contribution in [0.25, 0.3) is 0 Å². The van der Waals surface area contributed by atoms with Crippen molar-refractivity contribution in [2.75, 3.05) is 46.5 Å². The zero-order valence-corrected chi connectivity index (χ0v) is 14.7. The quantitative estimate of drug-likeness (QED) is 0.471. The molecule has 1 N–H and O–H groups in total. The summed E-state index contributed by atoms with van der Waals surface area (Å²) < 4.78 is 10.9. The molecule has 1 saturated heterocycles. The first-order valence-corrected chi connectivity index (χ1v) is 8.51. The highest BCUT2D eigenvalue weighted by Crippen LogP contribution is 2.17. The third-order valence-corrected chi connectivity index (χ3v) is 3.98. The largest absolute Gasteiger partial charge is 0.492 e. The van der Waals surface area contributed by atoms with Crippen molar-refractivity contribution in [2.24, 2.45) is 10.9 Å². The van der Waals surface area contributed by atoms with Gasteiger partial charge in [0.2, 0.25) is 0 Å². The Bertz CT molecular complexity index is 510. The molecule has 2 rings (SSSR count). The number of ether oxygens (including phenoxy) is 2. The van der Waals surface area contributed by atoms with Crippen LogP contribution in [0.3, 0.4) is 0 Å². The van der Waals surface area contributed by atoms with E-state index in [2.05, 4.69) is 22.1 Å². The van der Waals surface area contributed by atoms with E-state index in [4.69, 9.17) is 21.1 Å². The number of hydrogen-bond donors (Lipinski definition) is 1. The second-order valence-corrected chi connectivity index (χ2v) is 6.03. The third kappa shape index (κ3) is 5.92. The maximum absolute atomic E-state index is 5.94. The summed E-state index contributed by atoms with van der Waals surface area (Å²) in [6.07, 6.45) is 1.15. The molecule has 0 aliphatic carbocycles. The van der Waals surface area contributed by atoms with Crippen LogP contribution in [-0.2, 0) is 4.74 Å². The Kier molecular flexibility index (Phi) is 7.49. The van der Waals surface area contributed by atoms with Crippen LogP contribution in [-0.4, -0.2) is 57.4 Å². The van der Waals surface area contributed by atoms with E-state index >= 15 is 0 Å². The van der Waals surface area contributed by atoms with Crippen LogP contribution in [0.4, 0.5) is 0 Å². The van der Waals surface area contributed by atoms with E-state index in [1.165, 1.54) is 0 Å². The predicted octanol–water partition coefficient (Wildman–Crippen LogP) is 2.65. The highest BCUT2D eigenvalue weighted by molar-refractivity contribution is 6.30. The van der Waals surface area contributed by atoms with Gasteiger partial charge in [-0.2, -0.15) is 0 Å². The molecule has 0 radical (unpaired) electrons. The Morgan fingerprint density at radius 2 is 2.35 bits per heavy atom. The van der Waals surface area contributed by atoms with Gasteiger partial charge in [-0.1, -0.05) is 17.7 Å². The van der Waals surface area contributed by atoms with Gasteiger partial charge in [0, 0.05) is 37.7 Å². The molecule has 1 fully saturated rings. The van der Waals surface area contributed by atoms with Gasteiger partial charge in [0.15, 0.2) is 5.96 Å². The molecular weight excluding hydrogens is 314 g/mol. The van der Waals surface area contributed by atoms with Crippen molar-refractivity contribution in [1.82, 2.24) is 10.2 Å². The molecular formula is C17H26ClN3O2. The summed E-state index contributed by atoms with van der Waals surface area (Å²) >= 11 is 5.94. The minimum absolute atomic E-state index is 0.532. The molecule has 0 amide bonds. The molecule has 1 atom stereocenters. The normalized spacial score (nSPS) is 18.3. The summed E-state index contributed by atoms with van der Waals surface area (Å²) in [5.41, 5.74) is 0. The lowest BCUT2D eigenvalue weighted by Gasteiger charge is -2.21. The van der Waals surface area contributed by atoms with Gasteiger partial charge in [-0.25, -0.2) is 4.99 Å². The molecule has 0 aromatic heterocycles. The molecule has 1 unspecified atom stereocenters. The number of benzene rings is 1. The summed E-state index contributed by atoms with van der Waals surface area (Å²) in [6, 6.07) is 7.42. The first-order chi connectivity index (χ1) is 11.2. The average molecular weight is 340 g/mol. The maximum Gasteiger partial charge on any atom is 0.194 e. The summed E-state index contributed by atoms with van der Waals surface area (Å²) in [7, 11) is 1.76. The topological polar surface area (TPSA) is 46.1 Å². The first-order valence-electron chi connectivity index (χ1n) is 8.13. The van der Waals surface area contributed by atoms with E-state index in [0.717, 1.165) is 44.4 Å². The number of likely N-dealkylation sites (tertiary alicyclic amines) is 1. The van der Waals surface area contributed by atoms with Gasteiger partial charge < -0.3 is 19.7 Å². The second-order valence-electron chi connectivity index (χ2n) is 5.60. The predicted molar refractivity (Wildman–Crippen MR) is 94.5 cm³/mol. The monoisotopic (exact) mass is 339 g/mol. The van der Waals surface area contributed by atoms with Crippen LogP contribution < -0.4 is 10.1 Å². The van der Waals surface area contributed by atoms with E-state index in [9.17, 15) is 0 Å². The molecule has 128 valence electrons. The van der Waals surface area contributed by atoms with Crippen LogP contribution in [0.1, 0.15) is 13.3 Å². The maximum atomic E-state index is 5.94. The number of aliphatic imine (C=N–C) groups is 1. The van der Waals surface area contributed by atoms with E-state index < -0.39 is 0 Å². The van der Waals surface area contributed by atoms with Crippen molar-refractivity contribution in [3.05, 3.63) is 29.3 Å². The standard InChI is InChI=1S/C17H26ClN3O2/c1-3-19-17(21-9-7-14(12-21)13-22-2)20-8-10-23-16-6-4-5-15(18)11-16/h4-6,11,14H,3,7-10,12-13H2,1-2H3,(H,19,20). The van der Waals surface area contributed by atoms with Gasteiger partial charge in [0.25, 0.3) is 0 Å². The highest BCUT2D eigenvalue weighted by atomic mass is 35.5. The molecule has 1 heterocycles. The molecule has 1 aliphatic rings. The van der Waals surface area contributed by atoms with Crippen molar-refractivity contribution < 1.29 is 9.47 Å². The number of rotatable bonds is 7. The Morgan fingerprint density at radius 1 is 1.48 bits per heavy atom. The molecule has 1 aliphatic heterocycles. The average Bonchev–Trinajstić information content (AvgIpc) is 2.99. The van der Waals surface area contributed by atoms with E-state index in [0.29, 0.717) is 24.1 Å². The summed E-state index contributed by atoms with van der Waals surface area (Å²) in [5.74, 6) is 2.33. The molecule has 0 spiro atoms. The van der Waals surface area contributed by atoms with Crippen molar-refractivity contribution in [3.63, 3.8) is 0 Å². The number of nitrogens with one attached hydrogen (secondary N) is 1. The van der Waals surface area contributed by atoms with Crippen molar-refractivity contribution in [3.8, 4) is 5.75 Å². The molecule has 1 aromatic rings. The van der Waals surface area contributed by atoms with Gasteiger partial charge >= 0.3 is 0 Å². The van der Waals surface area contributed by atoms with E-state index in [1.807, 2.05) is 24.3 Å². The molecule has 1 aromatic carbocycles. The number of nitrogens with zero attached hydrogens (tertiary/aromatic N) is 2. The fraction of sp³-hybridized carbons (Fsp3) is 0.588.